The molecule has 2 aliphatic rings. The van der Waals surface area contributed by atoms with Crippen molar-refractivity contribution in [2.45, 2.75) is 32.2 Å². The molecule has 4 rings (SSSR count). The second-order valence-electron chi connectivity index (χ2n) is 8.14. The fraction of sp³-hybridized carbons (Fsp3) is 0.458. The number of hydrogen-bond donors (Lipinski definition) is 0. The maximum atomic E-state index is 5.92. The van der Waals surface area contributed by atoms with Crippen LogP contribution in [0.15, 0.2) is 53.6 Å². The van der Waals surface area contributed by atoms with E-state index < -0.39 is 0 Å². The van der Waals surface area contributed by atoms with Gasteiger partial charge in [-0.3, -0.25) is 5.01 Å². The average molecular weight is 378 g/mol. The lowest BCUT2D eigenvalue weighted by atomic mass is 9.90. The molecule has 0 radical (unpaired) electrons. The van der Waals surface area contributed by atoms with Gasteiger partial charge in [0, 0.05) is 24.6 Å². The van der Waals surface area contributed by atoms with Gasteiger partial charge >= 0.3 is 0 Å². The first-order valence-electron chi connectivity index (χ1n) is 10.5. The van der Waals surface area contributed by atoms with Crippen LogP contribution in [-0.2, 0) is 6.42 Å². The van der Waals surface area contributed by atoms with E-state index in [1.165, 1.54) is 22.4 Å². The van der Waals surface area contributed by atoms with E-state index in [-0.39, 0.29) is 0 Å². The number of rotatable bonds is 8. The van der Waals surface area contributed by atoms with Gasteiger partial charge in [0.05, 0.1) is 18.4 Å². The normalized spacial score (nSPS) is 20.3. The molecule has 0 bridgehead atoms. The van der Waals surface area contributed by atoms with Crippen LogP contribution in [0.3, 0.4) is 0 Å². The van der Waals surface area contributed by atoms with Crippen molar-refractivity contribution in [3.8, 4) is 5.75 Å². The second kappa shape index (κ2) is 8.36. The van der Waals surface area contributed by atoms with Crippen LogP contribution in [-0.4, -0.2) is 49.4 Å². The van der Waals surface area contributed by atoms with Crippen molar-refractivity contribution in [2.24, 2.45) is 11.0 Å². The van der Waals surface area contributed by atoms with E-state index in [0.717, 1.165) is 44.7 Å². The van der Waals surface area contributed by atoms with Gasteiger partial charge in [-0.2, -0.15) is 5.10 Å². The van der Waals surface area contributed by atoms with Gasteiger partial charge in [0.1, 0.15) is 5.75 Å². The number of nitrogens with zero attached hydrogens (tertiary/aromatic N) is 3. The Hall–Kier alpha value is -2.33. The standard InChI is InChI=1S/C24H31N3O/c1-4-14-27-24(22-17-19-8-5-6-9-21(19)23(22)25-27)18-10-12-20(13-11-18)28-16-7-15-26(2)3/h5-6,8-13,22,24H,4,7,14-17H2,1-3H3. The van der Waals surface area contributed by atoms with Crippen LogP contribution in [0.4, 0.5) is 0 Å². The molecule has 4 heteroatoms. The third-order valence-corrected chi connectivity index (χ3v) is 5.72. The van der Waals surface area contributed by atoms with Crippen LogP contribution in [0.25, 0.3) is 0 Å². The molecule has 1 heterocycles. The highest BCUT2D eigenvalue weighted by molar-refractivity contribution is 6.07. The first-order valence-corrected chi connectivity index (χ1v) is 10.5. The molecule has 148 valence electrons. The van der Waals surface area contributed by atoms with E-state index in [1.807, 2.05) is 0 Å². The monoisotopic (exact) mass is 377 g/mol. The van der Waals surface area contributed by atoms with Crippen molar-refractivity contribution in [1.29, 1.82) is 0 Å². The van der Waals surface area contributed by atoms with Crippen molar-refractivity contribution in [2.75, 3.05) is 33.8 Å². The van der Waals surface area contributed by atoms with E-state index in [1.54, 1.807) is 0 Å². The lowest BCUT2D eigenvalue weighted by Crippen LogP contribution is -2.26. The van der Waals surface area contributed by atoms with E-state index in [4.69, 9.17) is 9.84 Å². The predicted molar refractivity (Wildman–Crippen MR) is 115 cm³/mol. The zero-order chi connectivity index (χ0) is 19.5. The van der Waals surface area contributed by atoms with Crippen LogP contribution < -0.4 is 4.74 Å². The van der Waals surface area contributed by atoms with E-state index in [0.29, 0.717) is 12.0 Å². The van der Waals surface area contributed by atoms with E-state index in [9.17, 15) is 0 Å². The molecule has 0 spiro atoms. The molecule has 0 aromatic heterocycles. The molecule has 0 saturated carbocycles. The molecule has 0 amide bonds. The molecule has 1 aliphatic heterocycles. The lowest BCUT2D eigenvalue weighted by molar-refractivity contribution is 0.202. The summed E-state index contributed by atoms with van der Waals surface area (Å²) in [6.45, 7) is 5.03. The van der Waals surface area contributed by atoms with Gasteiger partial charge in [0.15, 0.2) is 0 Å². The predicted octanol–water partition coefficient (Wildman–Crippen LogP) is 4.36. The first kappa shape index (κ1) is 19.0. The van der Waals surface area contributed by atoms with Crippen LogP contribution in [0.2, 0.25) is 0 Å². The van der Waals surface area contributed by atoms with E-state index >= 15 is 0 Å². The van der Waals surface area contributed by atoms with Gasteiger partial charge in [-0.15, -0.1) is 0 Å². The number of fused-ring (bicyclic) bond motifs is 3. The van der Waals surface area contributed by atoms with Crippen molar-refractivity contribution in [3.63, 3.8) is 0 Å². The summed E-state index contributed by atoms with van der Waals surface area (Å²) in [5.41, 5.74) is 5.40. The molecule has 0 fully saturated rings. The Labute approximate surface area is 168 Å². The van der Waals surface area contributed by atoms with Gasteiger partial charge in [-0.05, 0) is 56.6 Å². The summed E-state index contributed by atoms with van der Waals surface area (Å²) in [7, 11) is 4.19. The molecule has 0 saturated heterocycles. The van der Waals surface area contributed by atoms with Crippen molar-refractivity contribution >= 4 is 5.71 Å². The SMILES string of the molecule is CCCN1N=C2c3ccccc3CC2C1c1ccc(OCCCN(C)C)cc1. The highest BCUT2D eigenvalue weighted by Gasteiger charge is 2.42. The van der Waals surface area contributed by atoms with Crippen molar-refractivity contribution in [1.82, 2.24) is 9.91 Å². The minimum Gasteiger partial charge on any atom is -0.494 e. The minimum atomic E-state index is 0.324. The molecule has 28 heavy (non-hydrogen) atoms. The fourth-order valence-corrected chi connectivity index (χ4v) is 4.43. The van der Waals surface area contributed by atoms with Gasteiger partial charge < -0.3 is 9.64 Å². The van der Waals surface area contributed by atoms with Crippen LogP contribution in [0.5, 0.6) is 5.75 Å². The summed E-state index contributed by atoms with van der Waals surface area (Å²) in [6.07, 6.45) is 3.23. The van der Waals surface area contributed by atoms with Gasteiger partial charge in [-0.1, -0.05) is 43.3 Å². The molecule has 2 aromatic rings. The fourth-order valence-electron chi connectivity index (χ4n) is 4.43. The lowest BCUT2D eigenvalue weighted by Gasteiger charge is -2.27. The quantitative estimate of drug-likeness (QED) is 0.640. The van der Waals surface area contributed by atoms with Gasteiger partial charge in [-0.25, -0.2) is 0 Å². The Balaban J connectivity index is 1.49. The van der Waals surface area contributed by atoms with Crippen molar-refractivity contribution in [3.05, 3.63) is 65.2 Å². The van der Waals surface area contributed by atoms with Gasteiger partial charge in [0.2, 0.25) is 0 Å². The number of ether oxygens (including phenoxy) is 1. The maximum absolute atomic E-state index is 5.92. The molecular weight excluding hydrogens is 346 g/mol. The zero-order valence-electron chi connectivity index (χ0n) is 17.3. The largest absolute Gasteiger partial charge is 0.494 e. The van der Waals surface area contributed by atoms with E-state index in [2.05, 4.69) is 79.5 Å². The summed E-state index contributed by atoms with van der Waals surface area (Å²) >= 11 is 0. The topological polar surface area (TPSA) is 28.1 Å². The summed E-state index contributed by atoms with van der Waals surface area (Å²) in [5.74, 6) is 1.41. The Bertz CT molecular complexity index is 828. The van der Waals surface area contributed by atoms with Crippen LogP contribution in [0, 0.1) is 5.92 Å². The third-order valence-electron chi connectivity index (χ3n) is 5.72. The molecule has 2 unspecified atom stereocenters. The zero-order valence-corrected chi connectivity index (χ0v) is 17.3. The highest BCUT2D eigenvalue weighted by atomic mass is 16.5. The van der Waals surface area contributed by atoms with Crippen LogP contribution >= 0.6 is 0 Å². The first-order chi connectivity index (χ1) is 13.7. The Morgan fingerprint density at radius 3 is 2.64 bits per heavy atom. The molecule has 2 aromatic carbocycles. The Kier molecular flexibility index (Phi) is 5.67. The average Bonchev–Trinajstić information content (AvgIpc) is 3.21. The Morgan fingerprint density at radius 2 is 1.89 bits per heavy atom. The number of hydrazone groups is 1. The maximum Gasteiger partial charge on any atom is 0.119 e. The number of benzene rings is 2. The Morgan fingerprint density at radius 1 is 1.11 bits per heavy atom. The van der Waals surface area contributed by atoms with Gasteiger partial charge in [0.25, 0.3) is 0 Å². The van der Waals surface area contributed by atoms with Crippen LogP contribution in [0.1, 0.15) is 42.5 Å². The summed E-state index contributed by atoms with van der Waals surface area (Å²) in [4.78, 5) is 2.19. The highest BCUT2D eigenvalue weighted by Crippen LogP contribution is 2.44. The minimum absolute atomic E-state index is 0.324. The number of hydrogen-bond acceptors (Lipinski definition) is 4. The third kappa shape index (κ3) is 3.79. The molecule has 1 aliphatic carbocycles. The summed E-state index contributed by atoms with van der Waals surface area (Å²) < 4.78 is 5.92. The molecule has 2 atom stereocenters. The smallest absolute Gasteiger partial charge is 0.119 e. The van der Waals surface area contributed by atoms with Crippen molar-refractivity contribution < 1.29 is 4.74 Å². The molecule has 0 N–H and O–H groups in total. The molecular formula is C24H31N3O. The summed E-state index contributed by atoms with van der Waals surface area (Å²) in [6, 6.07) is 17.8. The molecule has 4 nitrogen and oxygen atoms in total. The summed E-state index contributed by atoms with van der Waals surface area (Å²) in [5, 5.41) is 7.36. The second-order valence-corrected chi connectivity index (χ2v) is 8.14.